The molecule has 0 aliphatic heterocycles. The molecule has 6 nitrogen and oxygen atoms in total. The largest absolute Gasteiger partial charge is 2.00 e. The van der Waals surface area contributed by atoms with Gasteiger partial charge in [0.2, 0.25) is 0 Å². The van der Waals surface area contributed by atoms with E-state index in [4.69, 9.17) is 0 Å². The first kappa shape index (κ1) is 70.5. The summed E-state index contributed by atoms with van der Waals surface area (Å²) in [5, 5.41) is 30.7. The number of rotatable bonds is 48. The molecular formula is C54H105FeLiO6. The van der Waals surface area contributed by atoms with E-state index >= 15 is 0 Å². The second-order valence-electron chi connectivity index (χ2n) is 18.2. The van der Waals surface area contributed by atoms with Crippen molar-refractivity contribution < 1.29 is 65.6 Å². The number of aliphatic carboxylic acids is 3. The summed E-state index contributed by atoms with van der Waals surface area (Å²) in [4.78, 5) is 30.7. The molecule has 0 bridgehead atoms. The van der Waals surface area contributed by atoms with Crippen LogP contribution in [0, 0.1) is 0 Å². The number of unbranched alkanes of at least 4 members (excludes halogenated alkanes) is 42. The molecule has 0 aromatic carbocycles. The third-order valence-electron chi connectivity index (χ3n) is 12.0. The van der Waals surface area contributed by atoms with Gasteiger partial charge in [-0.3, -0.25) is 0 Å². The third kappa shape index (κ3) is 79.9. The van der Waals surface area contributed by atoms with Gasteiger partial charge in [-0.15, -0.1) is 0 Å². The van der Waals surface area contributed by atoms with E-state index in [-0.39, 0.29) is 55.2 Å². The van der Waals surface area contributed by atoms with Crippen LogP contribution in [0.2, 0.25) is 0 Å². The van der Waals surface area contributed by atoms with E-state index in [0.29, 0.717) is 0 Å². The van der Waals surface area contributed by atoms with Gasteiger partial charge in [0.1, 0.15) is 0 Å². The molecule has 0 radical (unpaired) electrons. The molecule has 0 heterocycles. The molecule has 8 heteroatoms. The van der Waals surface area contributed by atoms with Gasteiger partial charge in [-0.25, -0.2) is 0 Å². The van der Waals surface area contributed by atoms with E-state index in [2.05, 4.69) is 20.8 Å². The van der Waals surface area contributed by atoms with Crippen molar-refractivity contribution in [2.24, 2.45) is 0 Å². The standard InChI is InChI=1S/3C18H36O2.Fe.Li/c3*1-2-3-4-5-6-7-8-9-10-11-12-13-14-15-16-17-18(19)20;;/h3*2-17H2,1H3,(H,19,20);;/q;;;+2;+1/p-3. The van der Waals surface area contributed by atoms with Crippen LogP contribution in [-0.2, 0) is 31.5 Å². The molecule has 0 rings (SSSR count). The second kappa shape index (κ2) is 67.1. The number of hydrogen-bond donors (Lipinski definition) is 0. The van der Waals surface area contributed by atoms with Gasteiger partial charge in [-0.05, 0) is 38.5 Å². The van der Waals surface area contributed by atoms with Gasteiger partial charge >= 0.3 is 35.9 Å². The Balaban J connectivity index is -0.000000258. The van der Waals surface area contributed by atoms with Gasteiger partial charge in [0.25, 0.3) is 0 Å². The SMILES string of the molecule is CCCCCCCCCCCCCCCCCC(=O)[O-].CCCCCCCCCCCCCCCCCC(=O)[O-].CCCCCCCCCCCCCCCCCC(=O)[O-].[Fe+2].[Li+]. The van der Waals surface area contributed by atoms with Crippen molar-refractivity contribution in [2.75, 3.05) is 0 Å². The van der Waals surface area contributed by atoms with Crippen LogP contribution < -0.4 is 34.2 Å². The maximum Gasteiger partial charge on any atom is 2.00 e. The average molecular weight is 913 g/mol. The molecule has 0 aromatic heterocycles. The number of carboxylic acid groups (broad SMARTS) is 3. The normalized spacial score (nSPS) is 10.5. The van der Waals surface area contributed by atoms with Gasteiger partial charge in [0.15, 0.2) is 0 Å². The fourth-order valence-corrected chi connectivity index (χ4v) is 7.92. The maximum atomic E-state index is 10.2. The van der Waals surface area contributed by atoms with Gasteiger partial charge in [-0.2, -0.15) is 0 Å². The smallest absolute Gasteiger partial charge is 0.550 e. The first-order chi connectivity index (χ1) is 29.3. The summed E-state index contributed by atoms with van der Waals surface area (Å²) in [5.74, 6) is -2.71. The molecule has 62 heavy (non-hydrogen) atoms. The summed E-state index contributed by atoms with van der Waals surface area (Å²) >= 11 is 0. The molecule has 0 spiro atoms. The quantitative estimate of drug-likeness (QED) is 0.0443. The summed E-state index contributed by atoms with van der Waals surface area (Å²) in [6.45, 7) is 6.80. The fraction of sp³-hybridized carbons (Fsp3) is 0.944. The first-order valence-corrected chi connectivity index (χ1v) is 26.9. The fourth-order valence-electron chi connectivity index (χ4n) is 7.92. The minimum Gasteiger partial charge on any atom is -0.550 e. The minimum absolute atomic E-state index is 0. The van der Waals surface area contributed by atoms with Crippen LogP contribution in [0.1, 0.15) is 329 Å². The summed E-state index contributed by atoms with van der Waals surface area (Å²) in [7, 11) is 0. The molecule has 0 aromatic rings. The molecule has 0 aliphatic carbocycles. The second-order valence-corrected chi connectivity index (χ2v) is 18.2. The first-order valence-electron chi connectivity index (χ1n) is 26.9. The Morgan fingerprint density at radius 1 is 0.226 bits per heavy atom. The van der Waals surface area contributed by atoms with Crippen LogP contribution >= 0.6 is 0 Å². The molecule has 0 atom stereocenters. The molecular weight excluding hydrogens is 807 g/mol. The van der Waals surface area contributed by atoms with E-state index in [1.165, 1.54) is 250 Å². The Morgan fingerprint density at radius 3 is 0.419 bits per heavy atom. The van der Waals surface area contributed by atoms with E-state index in [1.54, 1.807) is 0 Å². The van der Waals surface area contributed by atoms with Crippen LogP contribution in [0.15, 0.2) is 0 Å². The average Bonchev–Trinajstić information content (AvgIpc) is 3.22. The van der Waals surface area contributed by atoms with Crippen molar-refractivity contribution >= 4 is 17.9 Å². The number of carboxylic acids is 3. The maximum absolute atomic E-state index is 10.2. The van der Waals surface area contributed by atoms with Crippen LogP contribution in [-0.4, -0.2) is 17.9 Å². The molecule has 0 saturated carbocycles. The summed E-state index contributed by atoms with van der Waals surface area (Å²) in [5.41, 5.74) is 0. The Kier molecular flexibility index (Phi) is 76.4. The van der Waals surface area contributed by atoms with Crippen LogP contribution in [0.25, 0.3) is 0 Å². The Hall–Kier alpha value is -0.473. The zero-order valence-electron chi connectivity index (χ0n) is 42.2. The molecule has 0 saturated heterocycles. The molecule has 0 unspecified atom stereocenters. The predicted molar refractivity (Wildman–Crippen MR) is 254 cm³/mol. The molecule has 0 amide bonds. The minimum atomic E-state index is -0.903. The van der Waals surface area contributed by atoms with Crippen molar-refractivity contribution in [3.05, 3.63) is 0 Å². The Morgan fingerprint density at radius 2 is 0.323 bits per heavy atom. The van der Waals surface area contributed by atoms with Gasteiger partial charge < -0.3 is 29.7 Å². The zero-order chi connectivity index (χ0) is 44.7. The van der Waals surface area contributed by atoms with Crippen molar-refractivity contribution in [3.8, 4) is 0 Å². The van der Waals surface area contributed by atoms with Crippen molar-refractivity contribution in [2.45, 2.75) is 329 Å². The van der Waals surface area contributed by atoms with E-state index < -0.39 is 17.9 Å². The van der Waals surface area contributed by atoms with Crippen LogP contribution in [0.4, 0.5) is 0 Å². The summed E-state index contributed by atoms with van der Waals surface area (Å²) < 4.78 is 0. The number of carbonyl (C=O) groups excluding carboxylic acids is 3. The third-order valence-corrected chi connectivity index (χ3v) is 12.0. The molecule has 0 N–H and O–H groups in total. The molecule has 0 fully saturated rings. The van der Waals surface area contributed by atoms with Crippen molar-refractivity contribution in [3.63, 3.8) is 0 Å². The Labute approximate surface area is 410 Å². The van der Waals surface area contributed by atoms with Gasteiger partial charge in [-0.1, -0.05) is 290 Å². The monoisotopic (exact) mass is 913 g/mol. The summed E-state index contributed by atoms with van der Waals surface area (Å²) in [6.07, 6.45) is 59.6. The van der Waals surface area contributed by atoms with E-state index in [0.717, 1.165) is 38.5 Å². The predicted octanol–water partition coefficient (Wildman–Crippen LogP) is 12.0. The molecule has 0 aliphatic rings. The van der Waals surface area contributed by atoms with Gasteiger partial charge in [0.05, 0.1) is 0 Å². The van der Waals surface area contributed by atoms with E-state index in [9.17, 15) is 29.7 Å². The Bertz CT molecular complexity index is 724. The van der Waals surface area contributed by atoms with Crippen LogP contribution in [0.3, 0.4) is 0 Å². The summed E-state index contributed by atoms with van der Waals surface area (Å²) in [6, 6.07) is 0. The topological polar surface area (TPSA) is 120 Å². The zero-order valence-corrected chi connectivity index (χ0v) is 43.3. The molecule has 366 valence electrons. The van der Waals surface area contributed by atoms with Crippen LogP contribution in [0.5, 0.6) is 0 Å². The number of hydrogen-bond acceptors (Lipinski definition) is 6. The van der Waals surface area contributed by atoms with Gasteiger partial charge in [0, 0.05) is 17.9 Å². The van der Waals surface area contributed by atoms with Crippen molar-refractivity contribution in [1.82, 2.24) is 0 Å². The van der Waals surface area contributed by atoms with Crippen molar-refractivity contribution in [1.29, 1.82) is 0 Å². The number of carbonyl (C=O) groups is 3. The van der Waals surface area contributed by atoms with E-state index in [1.807, 2.05) is 0 Å².